The Kier molecular flexibility index (Phi) is 7.29. The molecule has 2 atom stereocenters. The summed E-state index contributed by atoms with van der Waals surface area (Å²) in [6.45, 7) is 12.4. The van der Waals surface area contributed by atoms with Gasteiger partial charge in [-0.1, -0.05) is 27.2 Å². The smallest absolute Gasteiger partial charge is 0.0189 e. The summed E-state index contributed by atoms with van der Waals surface area (Å²) in [6, 6.07) is 0.647. The van der Waals surface area contributed by atoms with Gasteiger partial charge in [0, 0.05) is 19.1 Å². The molecule has 0 saturated carbocycles. The van der Waals surface area contributed by atoms with Crippen molar-refractivity contribution in [1.29, 1.82) is 0 Å². The van der Waals surface area contributed by atoms with Crippen molar-refractivity contribution in [3.63, 3.8) is 0 Å². The van der Waals surface area contributed by atoms with Crippen molar-refractivity contribution in [3.8, 4) is 0 Å². The maximum atomic E-state index is 3.38. The molecule has 0 amide bonds. The number of nitrogens with one attached hydrogen (secondary N) is 1. The molecule has 0 aromatic carbocycles. The van der Waals surface area contributed by atoms with E-state index in [1.54, 1.807) is 0 Å². The molecule has 2 nitrogen and oxygen atoms in total. The van der Waals surface area contributed by atoms with Gasteiger partial charge in [-0.2, -0.15) is 0 Å². The molecule has 80 valence electrons. The lowest BCUT2D eigenvalue weighted by atomic mass is 10.1. The molecule has 0 rings (SSSR count). The Balaban J connectivity index is 3.61. The Bertz CT molecular complexity index is 115. The minimum atomic E-state index is 0.647. The van der Waals surface area contributed by atoms with Crippen LogP contribution in [0.3, 0.4) is 0 Å². The predicted octanol–water partition coefficient (Wildman–Crippen LogP) is 1.96. The van der Waals surface area contributed by atoms with Crippen LogP contribution < -0.4 is 5.32 Å². The lowest BCUT2D eigenvalue weighted by Crippen LogP contribution is -2.39. The summed E-state index contributed by atoms with van der Waals surface area (Å²) < 4.78 is 0. The van der Waals surface area contributed by atoms with E-state index in [1.165, 1.54) is 13.0 Å². The topological polar surface area (TPSA) is 15.3 Å². The SMILES string of the molecule is CCNCC(C)N(C)CC(C)CC. The maximum absolute atomic E-state index is 3.38. The van der Waals surface area contributed by atoms with Crippen LogP contribution in [-0.4, -0.2) is 37.6 Å². The van der Waals surface area contributed by atoms with Gasteiger partial charge in [0.2, 0.25) is 0 Å². The van der Waals surface area contributed by atoms with Gasteiger partial charge in [0.05, 0.1) is 0 Å². The van der Waals surface area contributed by atoms with Crippen molar-refractivity contribution in [3.05, 3.63) is 0 Å². The van der Waals surface area contributed by atoms with E-state index in [-0.39, 0.29) is 0 Å². The second-order valence-corrected chi connectivity index (χ2v) is 4.11. The van der Waals surface area contributed by atoms with Crippen LogP contribution in [0.1, 0.15) is 34.1 Å². The predicted molar refractivity (Wildman–Crippen MR) is 60.1 cm³/mol. The van der Waals surface area contributed by atoms with Crippen LogP contribution >= 0.6 is 0 Å². The van der Waals surface area contributed by atoms with E-state index in [0.29, 0.717) is 6.04 Å². The zero-order valence-corrected chi connectivity index (χ0v) is 9.93. The molecular formula is C11H26N2. The Morgan fingerprint density at radius 1 is 1.23 bits per heavy atom. The summed E-state index contributed by atoms with van der Waals surface area (Å²) in [5.74, 6) is 0.814. The van der Waals surface area contributed by atoms with Crippen LogP contribution in [0.15, 0.2) is 0 Å². The highest BCUT2D eigenvalue weighted by molar-refractivity contribution is 4.67. The van der Waals surface area contributed by atoms with Crippen molar-refractivity contribution >= 4 is 0 Å². The largest absolute Gasteiger partial charge is 0.315 e. The summed E-state index contributed by atoms with van der Waals surface area (Å²) in [5, 5.41) is 3.38. The summed E-state index contributed by atoms with van der Waals surface area (Å²) in [6.07, 6.45) is 1.28. The van der Waals surface area contributed by atoms with Crippen molar-refractivity contribution < 1.29 is 0 Å². The highest BCUT2D eigenvalue weighted by Gasteiger charge is 2.10. The van der Waals surface area contributed by atoms with Crippen LogP contribution in [0.2, 0.25) is 0 Å². The van der Waals surface area contributed by atoms with E-state index in [1.807, 2.05) is 0 Å². The van der Waals surface area contributed by atoms with Crippen LogP contribution in [-0.2, 0) is 0 Å². The molecule has 0 fully saturated rings. The van der Waals surface area contributed by atoms with E-state index < -0.39 is 0 Å². The molecule has 0 aliphatic carbocycles. The minimum Gasteiger partial charge on any atom is -0.315 e. The van der Waals surface area contributed by atoms with Gasteiger partial charge in [-0.15, -0.1) is 0 Å². The first-order chi connectivity index (χ1) is 6.11. The van der Waals surface area contributed by atoms with Crippen molar-refractivity contribution in [2.75, 3.05) is 26.7 Å². The fourth-order valence-electron chi connectivity index (χ4n) is 1.31. The van der Waals surface area contributed by atoms with Gasteiger partial charge < -0.3 is 10.2 Å². The maximum Gasteiger partial charge on any atom is 0.0189 e. The minimum absolute atomic E-state index is 0.647. The standard InChI is InChI=1S/C11H26N2/c1-6-10(3)9-13(5)11(4)8-12-7-2/h10-12H,6-9H2,1-5H3. The van der Waals surface area contributed by atoms with Crippen LogP contribution in [0.4, 0.5) is 0 Å². The van der Waals surface area contributed by atoms with Gasteiger partial charge >= 0.3 is 0 Å². The first kappa shape index (κ1) is 12.9. The molecular weight excluding hydrogens is 160 g/mol. The molecule has 0 aromatic rings. The third kappa shape index (κ3) is 6.05. The molecule has 0 aromatic heterocycles. The molecule has 0 aliphatic heterocycles. The molecule has 0 bridgehead atoms. The molecule has 0 heterocycles. The first-order valence-electron chi connectivity index (χ1n) is 5.52. The Hall–Kier alpha value is -0.0800. The number of hydrogen-bond acceptors (Lipinski definition) is 2. The van der Waals surface area contributed by atoms with Crippen molar-refractivity contribution in [2.45, 2.75) is 40.2 Å². The van der Waals surface area contributed by atoms with Crippen LogP contribution in [0.25, 0.3) is 0 Å². The molecule has 0 spiro atoms. The highest BCUT2D eigenvalue weighted by atomic mass is 15.1. The van der Waals surface area contributed by atoms with Crippen molar-refractivity contribution in [1.82, 2.24) is 10.2 Å². The van der Waals surface area contributed by atoms with E-state index in [2.05, 4.69) is 45.0 Å². The Morgan fingerprint density at radius 3 is 2.31 bits per heavy atom. The summed E-state index contributed by atoms with van der Waals surface area (Å²) >= 11 is 0. The van der Waals surface area contributed by atoms with Gasteiger partial charge in [-0.05, 0) is 26.4 Å². The van der Waals surface area contributed by atoms with Crippen LogP contribution in [0, 0.1) is 5.92 Å². The number of rotatable bonds is 7. The molecule has 13 heavy (non-hydrogen) atoms. The monoisotopic (exact) mass is 186 g/mol. The molecule has 0 radical (unpaired) electrons. The van der Waals surface area contributed by atoms with E-state index in [9.17, 15) is 0 Å². The van der Waals surface area contributed by atoms with Crippen molar-refractivity contribution in [2.24, 2.45) is 5.92 Å². The van der Waals surface area contributed by atoms with Gasteiger partial charge in [0.25, 0.3) is 0 Å². The molecule has 0 aliphatic rings. The molecule has 0 saturated heterocycles. The Labute approximate surface area is 83.7 Å². The highest BCUT2D eigenvalue weighted by Crippen LogP contribution is 2.04. The summed E-state index contributed by atoms with van der Waals surface area (Å²) in [7, 11) is 2.22. The number of nitrogens with zero attached hydrogens (tertiary/aromatic N) is 1. The zero-order chi connectivity index (χ0) is 10.3. The normalized spacial score (nSPS) is 16.2. The van der Waals surface area contributed by atoms with Crippen LogP contribution in [0.5, 0.6) is 0 Å². The molecule has 2 heteroatoms. The lowest BCUT2D eigenvalue weighted by molar-refractivity contribution is 0.218. The van der Waals surface area contributed by atoms with Gasteiger partial charge in [-0.25, -0.2) is 0 Å². The Morgan fingerprint density at radius 2 is 1.85 bits per heavy atom. The fraction of sp³-hybridized carbons (Fsp3) is 1.00. The third-order valence-corrected chi connectivity index (χ3v) is 2.74. The van der Waals surface area contributed by atoms with E-state index in [0.717, 1.165) is 19.0 Å². The summed E-state index contributed by atoms with van der Waals surface area (Å²) in [4.78, 5) is 2.44. The average molecular weight is 186 g/mol. The second-order valence-electron chi connectivity index (χ2n) is 4.11. The average Bonchev–Trinajstić information content (AvgIpc) is 2.13. The zero-order valence-electron chi connectivity index (χ0n) is 9.93. The van der Waals surface area contributed by atoms with Gasteiger partial charge in [0.1, 0.15) is 0 Å². The third-order valence-electron chi connectivity index (χ3n) is 2.74. The number of hydrogen-bond donors (Lipinski definition) is 1. The van der Waals surface area contributed by atoms with E-state index >= 15 is 0 Å². The second kappa shape index (κ2) is 7.34. The quantitative estimate of drug-likeness (QED) is 0.654. The first-order valence-corrected chi connectivity index (χ1v) is 5.52. The number of likely N-dealkylation sites (N-methyl/N-ethyl adjacent to an activating group) is 2. The fourth-order valence-corrected chi connectivity index (χ4v) is 1.31. The lowest BCUT2D eigenvalue weighted by Gasteiger charge is -2.27. The summed E-state index contributed by atoms with van der Waals surface area (Å²) in [5.41, 5.74) is 0. The van der Waals surface area contributed by atoms with E-state index in [4.69, 9.17) is 0 Å². The van der Waals surface area contributed by atoms with Gasteiger partial charge in [-0.3, -0.25) is 0 Å². The molecule has 2 unspecified atom stereocenters. The van der Waals surface area contributed by atoms with Gasteiger partial charge in [0.15, 0.2) is 0 Å². The molecule has 1 N–H and O–H groups in total.